The first-order valence-corrected chi connectivity index (χ1v) is 8.27. The number of methoxy groups -OCH3 is 1. The molecule has 1 heterocycles. The highest BCUT2D eigenvalue weighted by molar-refractivity contribution is 5.95. The van der Waals surface area contributed by atoms with Gasteiger partial charge >= 0.3 is 0 Å². The summed E-state index contributed by atoms with van der Waals surface area (Å²) in [5.41, 5.74) is -0.103. The number of nitro groups is 1. The van der Waals surface area contributed by atoms with Gasteiger partial charge in [0.15, 0.2) is 0 Å². The van der Waals surface area contributed by atoms with Crippen LogP contribution in [0.2, 0.25) is 0 Å². The van der Waals surface area contributed by atoms with Crippen LogP contribution in [0.3, 0.4) is 0 Å². The molecule has 144 valence electrons. The lowest BCUT2D eigenvalue weighted by molar-refractivity contribution is -0.385. The molecule has 1 unspecified atom stereocenters. The van der Waals surface area contributed by atoms with Crippen molar-refractivity contribution in [3.63, 3.8) is 0 Å². The number of nitrogens with zero attached hydrogens (tertiary/aromatic N) is 3. The minimum Gasteiger partial charge on any atom is -0.496 e. The van der Waals surface area contributed by atoms with Gasteiger partial charge in [-0.2, -0.15) is 0 Å². The largest absolute Gasteiger partial charge is 0.496 e. The predicted molar refractivity (Wildman–Crippen MR) is 98.6 cm³/mol. The number of ether oxygens (including phenoxy) is 1. The second-order valence-corrected chi connectivity index (χ2v) is 5.97. The number of rotatable bonds is 6. The van der Waals surface area contributed by atoms with E-state index in [1.54, 1.807) is 48.3 Å². The van der Waals surface area contributed by atoms with E-state index in [-0.39, 0.29) is 5.56 Å². The number of non-ortho nitro benzene ring substituents is 1. The number of para-hydroxylation sites is 1. The van der Waals surface area contributed by atoms with Crippen LogP contribution in [0.5, 0.6) is 5.75 Å². The molecule has 1 amide bonds. The zero-order valence-corrected chi connectivity index (χ0v) is 15.1. The molecule has 3 rings (SSSR count). The van der Waals surface area contributed by atoms with Crippen LogP contribution in [0.25, 0.3) is 0 Å². The van der Waals surface area contributed by atoms with E-state index in [1.165, 1.54) is 7.11 Å². The van der Waals surface area contributed by atoms with Gasteiger partial charge in [0.1, 0.15) is 23.4 Å². The summed E-state index contributed by atoms with van der Waals surface area (Å²) in [4.78, 5) is 27.1. The summed E-state index contributed by atoms with van der Waals surface area (Å²) in [5, 5.41) is 13.5. The number of aryl methyl sites for hydroxylation is 1. The van der Waals surface area contributed by atoms with Gasteiger partial charge < -0.3 is 14.6 Å². The third-order valence-corrected chi connectivity index (χ3v) is 4.25. The Morgan fingerprint density at radius 3 is 2.68 bits per heavy atom. The molecule has 0 saturated carbocycles. The summed E-state index contributed by atoms with van der Waals surface area (Å²) >= 11 is 0. The van der Waals surface area contributed by atoms with Crippen molar-refractivity contribution in [2.75, 3.05) is 7.11 Å². The Labute approximate surface area is 159 Å². The van der Waals surface area contributed by atoms with Gasteiger partial charge in [-0.1, -0.05) is 18.2 Å². The van der Waals surface area contributed by atoms with E-state index in [0.29, 0.717) is 23.2 Å². The number of aromatic nitrogens is 2. The lowest BCUT2D eigenvalue weighted by atomic mass is 10.0. The molecular formula is C19H17FN4O4. The van der Waals surface area contributed by atoms with E-state index in [4.69, 9.17) is 4.74 Å². The molecule has 0 aliphatic rings. The number of hydrogen-bond donors (Lipinski definition) is 1. The van der Waals surface area contributed by atoms with Gasteiger partial charge in [-0.05, 0) is 12.1 Å². The highest BCUT2D eigenvalue weighted by atomic mass is 19.1. The van der Waals surface area contributed by atoms with Gasteiger partial charge in [0, 0.05) is 31.1 Å². The highest BCUT2D eigenvalue weighted by Gasteiger charge is 2.26. The number of nitro benzene ring substituents is 1. The minimum absolute atomic E-state index is 0.306. The molecule has 28 heavy (non-hydrogen) atoms. The number of imidazole rings is 1. The molecule has 2 aromatic carbocycles. The summed E-state index contributed by atoms with van der Waals surface area (Å²) in [7, 11) is 3.27. The number of carbonyl (C=O) groups is 1. The van der Waals surface area contributed by atoms with Gasteiger partial charge in [0.2, 0.25) is 0 Å². The van der Waals surface area contributed by atoms with E-state index in [2.05, 4.69) is 10.3 Å². The van der Waals surface area contributed by atoms with E-state index < -0.39 is 28.4 Å². The Balaban J connectivity index is 2.00. The average Bonchev–Trinajstić information content (AvgIpc) is 3.11. The first kappa shape index (κ1) is 19.0. The third kappa shape index (κ3) is 3.68. The van der Waals surface area contributed by atoms with Crippen molar-refractivity contribution in [3.8, 4) is 5.75 Å². The van der Waals surface area contributed by atoms with Crippen molar-refractivity contribution in [2.45, 2.75) is 6.04 Å². The van der Waals surface area contributed by atoms with E-state index in [1.807, 2.05) is 0 Å². The van der Waals surface area contributed by atoms with Crippen LogP contribution in [0, 0.1) is 15.9 Å². The lowest BCUT2D eigenvalue weighted by Crippen LogP contribution is -2.32. The minimum atomic E-state index is -0.981. The smallest absolute Gasteiger partial charge is 0.272 e. The molecule has 0 spiro atoms. The number of benzene rings is 2. The van der Waals surface area contributed by atoms with E-state index >= 15 is 0 Å². The molecule has 0 bridgehead atoms. The average molecular weight is 384 g/mol. The maximum Gasteiger partial charge on any atom is 0.272 e. The van der Waals surface area contributed by atoms with Gasteiger partial charge in [0.25, 0.3) is 11.6 Å². The molecule has 3 aromatic rings. The normalized spacial score (nSPS) is 11.7. The lowest BCUT2D eigenvalue weighted by Gasteiger charge is -2.21. The topological polar surface area (TPSA) is 99.3 Å². The second kappa shape index (κ2) is 7.87. The first-order chi connectivity index (χ1) is 13.4. The van der Waals surface area contributed by atoms with Crippen LogP contribution >= 0.6 is 0 Å². The van der Waals surface area contributed by atoms with Crippen LogP contribution < -0.4 is 10.1 Å². The molecule has 8 nitrogen and oxygen atoms in total. The Morgan fingerprint density at radius 1 is 1.32 bits per heavy atom. The zero-order valence-electron chi connectivity index (χ0n) is 15.1. The van der Waals surface area contributed by atoms with Crippen molar-refractivity contribution in [3.05, 3.63) is 87.7 Å². The Hall–Kier alpha value is -3.75. The van der Waals surface area contributed by atoms with Crippen molar-refractivity contribution < 1.29 is 18.8 Å². The molecule has 0 saturated heterocycles. The third-order valence-electron chi connectivity index (χ3n) is 4.25. The number of amides is 1. The molecule has 1 N–H and O–H groups in total. The molecular weight excluding hydrogens is 367 g/mol. The fraction of sp³-hybridized carbons (Fsp3) is 0.158. The van der Waals surface area contributed by atoms with E-state index in [9.17, 15) is 19.3 Å². The van der Waals surface area contributed by atoms with Crippen LogP contribution in [0.15, 0.2) is 54.9 Å². The van der Waals surface area contributed by atoms with Crippen LogP contribution in [0.4, 0.5) is 10.1 Å². The summed E-state index contributed by atoms with van der Waals surface area (Å²) in [6.45, 7) is 0. The molecule has 0 fully saturated rings. The number of nitrogens with one attached hydrogen (secondary N) is 1. The monoisotopic (exact) mass is 384 g/mol. The predicted octanol–water partition coefficient (Wildman–Crippen LogP) is 3.00. The van der Waals surface area contributed by atoms with E-state index in [0.717, 1.165) is 12.1 Å². The quantitative estimate of drug-likeness (QED) is 0.520. The number of halogens is 1. The summed E-state index contributed by atoms with van der Waals surface area (Å²) in [6, 6.07) is 9.24. The van der Waals surface area contributed by atoms with Gasteiger partial charge in [-0.3, -0.25) is 14.9 Å². The van der Waals surface area contributed by atoms with Crippen molar-refractivity contribution in [1.29, 1.82) is 0 Å². The second-order valence-electron chi connectivity index (χ2n) is 5.97. The van der Waals surface area contributed by atoms with Crippen LogP contribution in [-0.4, -0.2) is 27.5 Å². The van der Waals surface area contributed by atoms with Gasteiger partial charge in [0.05, 0.1) is 23.7 Å². The summed E-state index contributed by atoms with van der Waals surface area (Å²) in [5.74, 6) is -0.670. The zero-order chi connectivity index (χ0) is 20.3. The van der Waals surface area contributed by atoms with Crippen LogP contribution in [-0.2, 0) is 7.05 Å². The summed E-state index contributed by atoms with van der Waals surface area (Å²) in [6.07, 6.45) is 3.30. The van der Waals surface area contributed by atoms with Crippen LogP contribution in [0.1, 0.15) is 27.8 Å². The van der Waals surface area contributed by atoms with Crippen molar-refractivity contribution in [1.82, 2.24) is 14.9 Å². The maximum absolute atomic E-state index is 14.3. The number of carbonyl (C=O) groups excluding carboxylic acids is 1. The molecule has 0 radical (unpaired) electrons. The van der Waals surface area contributed by atoms with Crippen molar-refractivity contribution in [2.24, 2.45) is 7.05 Å². The SMILES string of the molecule is COc1ccccc1C(NC(=O)c1ccc([N+](=O)[O-])cc1F)c1nccn1C. The van der Waals surface area contributed by atoms with Gasteiger partial charge in [-0.25, -0.2) is 9.37 Å². The molecule has 0 aliphatic heterocycles. The molecule has 0 aliphatic carbocycles. The Morgan fingerprint density at radius 2 is 2.07 bits per heavy atom. The molecule has 1 atom stereocenters. The Bertz CT molecular complexity index is 1030. The maximum atomic E-state index is 14.3. The van der Waals surface area contributed by atoms with Gasteiger partial charge in [-0.15, -0.1) is 0 Å². The Kier molecular flexibility index (Phi) is 5.35. The fourth-order valence-corrected chi connectivity index (χ4v) is 2.85. The highest BCUT2D eigenvalue weighted by Crippen LogP contribution is 2.29. The number of hydrogen-bond acceptors (Lipinski definition) is 5. The fourth-order valence-electron chi connectivity index (χ4n) is 2.85. The van der Waals surface area contributed by atoms with Crippen molar-refractivity contribution >= 4 is 11.6 Å². The summed E-state index contributed by atoms with van der Waals surface area (Å²) < 4.78 is 21.4. The molecule has 1 aromatic heterocycles. The standard InChI is InChI=1S/C19H17FN4O4/c1-23-10-9-21-18(23)17(14-5-3-4-6-16(14)28-2)22-19(25)13-8-7-12(24(26)27)11-15(13)20/h3-11,17H,1-2H3,(H,22,25). The molecule has 9 heteroatoms. The first-order valence-electron chi connectivity index (χ1n) is 8.27.